The number of nitrogens with one attached hydrogen (secondary N) is 2. The van der Waals surface area contributed by atoms with Gasteiger partial charge in [-0.25, -0.2) is 0 Å². The van der Waals surface area contributed by atoms with E-state index in [0.29, 0.717) is 10.6 Å². The second-order valence-electron chi connectivity index (χ2n) is 4.27. The second-order valence-corrected chi connectivity index (χ2v) is 6.17. The van der Waals surface area contributed by atoms with Crippen molar-refractivity contribution in [3.63, 3.8) is 0 Å². The zero-order valence-corrected chi connectivity index (χ0v) is 13.4. The van der Waals surface area contributed by atoms with Gasteiger partial charge in [0, 0.05) is 21.6 Å². The summed E-state index contributed by atoms with van der Waals surface area (Å²) in [5.74, 6) is -0.592. The van der Waals surface area contributed by atoms with Gasteiger partial charge in [-0.1, -0.05) is 22.0 Å². The molecule has 20 heavy (non-hydrogen) atoms. The normalized spacial score (nSPS) is 12.2. The zero-order chi connectivity index (χ0) is 14.9. The first-order chi connectivity index (χ1) is 9.45. The molecule has 7 heteroatoms. The third-order valence-corrected chi connectivity index (χ3v) is 4.73. The van der Waals surface area contributed by atoms with Crippen molar-refractivity contribution in [2.75, 3.05) is 12.8 Å². The van der Waals surface area contributed by atoms with Crippen LogP contribution in [0.2, 0.25) is 0 Å². The Morgan fingerprint density at radius 2 is 2.10 bits per heavy atom. The number of likely N-dealkylation sites (N-methyl/N-ethyl adjacent to an activating group) is 1. The van der Waals surface area contributed by atoms with E-state index in [9.17, 15) is 9.59 Å². The molecule has 0 aliphatic rings. The first-order valence-electron chi connectivity index (χ1n) is 5.94. The van der Waals surface area contributed by atoms with Gasteiger partial charge in [0.1, 0.15) is 10.9 Å². The van der Waals surface area contributed by atoms with Crippen LogP contribution in [-0.4, -0.2) is 24.9 Å². The van der Waals surface area contributed by atoms with E-state index in [0.717, 1.165) is 14.6 Å². The Kier molecular flexibility index (Phi) is 4.29. The average molecular weight is 356 g/mol. The minimum Gasteiger partial charge on any atom is -0.397 e. The third-order valence-electron chi connectivity index (χ3n) is 2.89. The smallest absolute Gasteiger partial charge is 0.264 e. The molecule has 1 heterocycles. The number of fused-ring (bicyclic) bond motifs is 1. The molecular weight excluding hydrogens is 342 g/mol. The number of benzene rings is 1. The molecule has 0 aliphatic carbocycles. The number of rotatable bonds is 3. The highest BCUT2D eigenvalue weighted by Crippen LogP contribution is 2.38. The van der Waals surface area contributed by atoms with Gasteiger partial charge in [0.25, 0.3) is 5.91 Å². The Morgan fingerprint density at radius 1 is 1.40 bits per heavy atom. The summed E-state index contributed by atoms with van der Waals surface area (Å²) in [6.45, 7) is 1.62. The molecule has 1 unspecified atom stereocenters. The van der Waals surface area contributed by atoms with Crippen molar-refractivity contribution < 1.29 is 9.59 Å². The fraction of sp³-hybridized carbons (Fsp3) is 0.231. The van der Waals surface area contributed by atoms with Crippen LogP contribution in [0.1, 0.15) is 16.6 Å². The van der Waals surface area contributed by atoms with Gasteiger partial charge >= 0.3 is 0 Å². The summed E-state index contributed by atoms with van der Waals surface area (Å²) >= 11 is 4.73. The topological polar surface area (TPSA) is 84.2 Å². The standard InChI is InChI=1S/C13H14BrN3O2S/c1-6(12(18)16-2)17-13(19)11-10(15)9-7(14)4-3-5-8(9)20-11/h3-6H,15H2,1-2H3,(H,16,18)(H,17,19). The molecule has 5 nitrogen and oxygen atoms in total. The zero-order valence-electron chi connectivity index (χ0n) is 11.0. The number of hydrogen-bond donors (Lipinski definition) is 3. The summed E-state index contributed by atoms with van der Waals surface area (Å²) in [7, 11) is 1.52. The number of nitrogens with two attached hydrogens (primary N) is 1. The number of hydrogen-bond acceptors (Lipinski definition) is 4. The third kappa shape index (κ3) is 2.64. The highest BCUT2D eigenvalue weighted by molar-refractivity contribution is 9.10. The number of thiophene rings is 1. The number of carbonyl (C=O) groups is 2. The molecule has 0 saturated heterocycles. The number of halogens is 1. The van der Waals surface area contributed by atoms with Crippen LogP contribution in [-0.2, 0) is 4.79 Å². The highest BCUT2D eigenvalue weighted by atomic mass is 79.9. The Hall–Kier alpha value is -1.60. The average Bonchev–Trinajstić information content (AvgIpc) is 2.76. The maximum Gasteiger partial charge on any atom is 0.264 e. The minimum atomic E-state index is -0.611. The molecule has 0 bridgehead atoms. The van der Waals surface area contributed by atoms with Gasteiger partial charge in [-0.05, 0) is 19.1 Å². The molecule has 0 saturated carbocycles. The van der Waals surface area contributed by atoms with Gasteiger partial charge < -0.3 is 16.4 Å². The van der Waals surface area contributed by atoms with E-state index in [1.54, 1.807) is 6.92 Å². The summed E-state index contributed by atoms with van der Waals surface area (Å²) < 4.78 is 1.77. The molecule has 1 aromatic heterocycles. The maximum absolute atomic E-state index is 12.2. The van der Waals surface area contributed by atoms with E-state index < -0.39 is 6.04 Å². The van der Waals surface area contributed by atoms with E-state index in [1.807, 2.05) is 18.2 Å². The van der Waals surface area contributed by atoms with Crippen LogP contribution in [0.3, 0.4) is 0 Å². The predicted molar refractivity (Wildman–Crippen MR) is 84.9 cm³/mol. The van der Waals surface area contributed by atoms with Gasteiger partial charge in [0.05, 0.1) is 5.69 Å². The van der Waals surface area contributed by atoms with Crippen LogP contribution < -0.4 is 16.4 Å². The van der Waals surface area contributed by atoms with Gasteiger partial charge in [0.2, 0.25) is 5.91 Å². The largest absolute Gasteiger partial charge is 0.397 e. The van der Waals surface area contributed by atoms with Crippen LogP contribution >= 0.6 is 27.3 Å². The van der Waals surface area contributed by atoms with Gasteiger partial charge in [-0.15, -0.1) is 11.3 Å². The fourth-order valence-electron chi connectivity index (χ4n) is 1.84. The number of nitrogen functional groups attached to an aromatic ring is 1. The summed E-state index contributed by atoms with van der Waals surface area (Å²) in [6, 6.07) is 5.05. The second kappa shape index (κ2) is 5.80. The van der Waals surface area contributed by atoms with Crippen LogP contribution in [0.5, 0.6) is 0 Å². The van der Waals surface area contributed by atoms with Crippen molar-refractivity contribution >= 4 is 54.9 Å². The molecule has 2 amide bonds. The minimum absolute atomic E-state index is 0.251. The van der Waals surface area contributed by atoms with Crippen LogP contribution in [0.25, 0.3) is 10.1 Å². The van der Waals surface area contributed by atoms with Gasteiger partial charge in [-0.2, -0.15) is 0 Å². The molecule has 0 fully saturated rings. The molecular formula is C13H14BrN3O2S. The Balaban J connectivity index is 2.34. The van der Waals surface area contributed by atoms with Crippen molar-refractivity contribution in [2.45, 2.75) is 13.0 Å². The van der Waals surface area contributed by atoms with Crippen LogP contribution in [0.4, 0.5) is 5.69 Å². The van der Waals surface area contributed by atoms with E-state index >= 15 is 0 Å². The first kappa shape index (κ1) is 14.8. The lowest BCUT2D eigenvalue weighted by atomic mass is 10.2. The van der Waals surface area contributed by atoms with Crippen molar-refractivity contribution in [3.8, 4) is 0 Å². The lowest BCUT2D eigenvalue weighted by molar-refractivity contribution is -0.122. The number of amides is 2. The van der Waals surface area contributed by atoms with E-state index in [4.69, 9.17) is 5.73 Å². The van der Waals surface area contributed by atoms with Crippen LogP contribution in [0.15, 0.2) is 22.7 Å². The van der Waals surface area contributed by atoms with Gasteiger partial charge in [-0.3, -0.25) is 9.59 Å². The number of carbonyl (C=O) groups excluding carboxylic acids is 2. The van der Waals surface area contributed by atoms with Crippen molar-refractivity contribution in [3.05, 3.63) is 27.5 Å². The van der Waals surface area contributed by atoms with Gasteiger partial charge in [0.15, 0.2) is 0 Å². The first-order valence-corrected chi connectivity index (χ1v) is 7.55. The molecule has 0 aliphatic heterocycles. The Morgan fingerprint density at radius 3 is 2.70 bits per heavy atom. The Labute approximate surface area is 128 Å². The molecule has 2 rings (SSSR count). The SMILES string of the molecule is CNC(=O)C(C)NC(=O)c1sc2cccc(Br)c2c1N. The van der Waals surface area contributed by atoms with E-state index in [-0.39, 0.29) is 11.8 Å². The molecule has 2 aromatic rings. The maximum atomic E-state index is 12.2. The summed E-state index contributed by atoms with van der Waals surface area (Å²) in [4.78, 5) is 24.0. The molecule has 0 spiro atoms. The van der Waals surface area contributed by atoms with Crippen LogP contribution in [0, 0.1) is 0 Å². The molecule has 1 aromatic carbocycles. The van der Waals surface area contributed by atoms with E-state index in [2.05, 4.69) is 26.6 Å². The lowest BCUT2D eigenvalue weighted by Gasteiger charge is -2.11. The lowest BCUT2D eigenvalue weighted by Crippen LogP contribution is -2.43. The van der Waals surface area contributed by atoms with E-state index in [1.165, 1.54) is 18.4 Å². The monoisotopic (exact) mass is 355 g/mol. The van der Waals surface area contributed by atoms with Crippen molar-refractivity contribution in [2.24, 2.45) is 0 Å². The fourth-order valence-corrected chi connectivity index (χ4v) is 3.61. The predicted octanol–water partition coefficient (Wildman–Crippen LogP) is 2.11. The molecule has 4 N–H and O–H groups in total. The summed E-state index contributed by atoms with van der Waals surface area (Å²) in [5, 5.41) is 5.94. The summed E-state index contributed by atoms with van der Waals surface area (Å²) in [5.41, 5.74) is 6.47. The van der Waals surface area contributed by atoms with Crippen molar-refractivity contribution in [1.82, 2.24) is 10.6 Å². The Bertz CT molecular complexity index is 684. The van der Waals surface area contributed by atoms with Crippen molar-refractivity contribution in [1.29, 1.82) is 0 Å². The molecule has 0 radical (unpaired) electrons. The molecule has 1 atom stereocenters. The number of anilines is 1. The summed E-state index contributed by atoms with van der Waals surface area (Å²) in [6.07, 6.45) is 0. The highest BCUT2D eigenvalue weighted by Gasteiger charge is 2.21. The molecule has 106 valence electrons. The quantitative estimate of drug-likeness (QED) is 0.788.